The Labute approximate surface area is 124 Å². The van der Waals surface area contributed by atoms with Crippen molar-refractivity contribution in [1.29, 1.82) is 5.26 Å². The molecule has 0 saturated heterocycles. The van der Waals surface area contributed by atoms with E-state index < -0.39 is 0 Å². The van der Waals surface area contributed by atoms with Crippen molar-refractivity contribution < 1.29 is 4.79 Å². The molecule has 0 atom stereocenters. The van der Waals surface area contributed by atoms with Crippen molar-refractivity contribution in [2.75, 3.05) is 0 Å². The summed E-state index contributed by atoms with van der Waals surface area (Å²) in [5, 5.41) is 11.6. The predicted molar refractivity (Wildman–Crippen MR) is 78.7 cm³/mol. The van der Waals surface area contributed by atoms with E-state index in [1.807, 2.05) is 6.07 Å². The number of hydrogen-bond acceptors (Lipinski definition) is 3. The summed E-state index contributed by atoms with van der Waals surface area (Å²) in [5.41, 5.74) is 0.585. The molecule has 2 rings (SSSR count). The largest absolute Gasteiger partial charge is 0.287 e. The molecular weight excluding hydrogens is 301 g/mol. The highest BCUT2D eigenvalue weighted by Gasteiger charge is 2.14. The van der Waals surface area contributed by atoms with Crippen LogP contribution in [0.15, 0.2) is 41.3 Å². The van der Waals surface area contributed by atoms with Crippen molar-refractivity contribution >= 4 is 46.4 Å². The van der Waals surface area contributed by atoms with E-state index in [1.165, 1.54) is 17.4 Å². The van der Waals surface area contributed by atoms with Crippen LogP contribution < -0.4 is 0 Å². The summed E-state index contributed by atoms with van der Waals surface area (Å²) in [6, 6.07) is 10.4. The van der Waals surface area contributed by atoms with Gasteiger partial charge in [0.2, 0.25) is 5.78 Å². The molecule has 0 aliphatic carbocycles. The Morgan fingerprint density at radius 3 is 2.68 bits per heavy atom. The number of Topliss-reactive ketones (excluding diaryl/α,β-unsaturated/α-hetero) is 1. The normalized spacial score (nSPS) is 11.1. The molecule has 0 radical (unpaired) electrons. The maximum Gasteiger partial charge on any atom is 0.213 e. The number of rotatable bonds is 3. The Bertz CT molecular complexity index is 684. The molecular formula is C14H7Cl2NOS. The van der Waals surface area contributed by atoms with Crippen LogP contribution in [0.3, 0.4) is 0 Å². The van der Waals surface area contributed by atoms with Crippen LogP contribution in [0.1, 0.15) is 15.2 Å². The molecule has 2 nitrogen and oxygen atoms in total. The summed E-state index contributed by atoms with van der Waals surface area (Å²) in [6.07, 6.45) is 1.45. The Morgan fingerprint density at radius 1 is 1.26 bits per heavy atom. The van der Waals surface area contributed by atoms with Gasteiger partial charge in [-0.2, -0.15) is 5.26 Å². The molecule has 1 heterocycles. The second-order valence-electron chi connectivity index (χ2n) is 3.62. The molecule has 5 heteroatoms. The van der Waals surface area contributed by atoms with E-state index >= 15 is 0 Å². The van der Waals surface area contributed by atoms with Gasteiger partial charge in [-0.05, 0) is 29.2 Å². The number of hydrogen-bond donors (Lipinski definition) is 0. The highest BCUT2D eigenvalue weighted by atomic mass is 35.5. The quantitative estimate of drug-likeness (QED) is 0.462. The minimum absolute atomic E-state index is 0.0339. The second-order valence-corrected chi connectivity index (χ2v) is 5.35. The summed E-state index contributed by atoms with van der Waals surface area (Å²) < 4.78 is 0. The van der Waals surface area contributed by atoms with Crippen LogP contribution in [0.25, 0.3) is 6.08 Å². The first-order valence-corrected chi connectivity index (χ1v) is 6.91. The molecule has 1 aromatic carbocycles. The van der Waals surface area contributed by atoms with E-state index in [4.69, 9.17) is 28.5 Å². The molecule has 0 spiro atoms. The van der Waals surface area contributed by atoms with Gasteiger partial charge >= 0.3 is 0 Å². The van der Waals surface area contributed by atoms with Crippen LogP contribution in [0.5, 0.6) is 0 Å². The topological polar surface area (TPSA) is 40.9 Å². The molecule has 0 unspecified atom stereocenters. The van der Waals surface area contributed by atoms with Crippen LogP contribution in [-0.4, -0.2) is 5.78 Å². The van der Waals surface area contributed by atoms with Gasteiger partial charge in [0.1, 0.15) is 11.6 Å². The van der Waals surface area contributed by atoms with Gasteiger partial charge in [0, 0.05) is 0 Å². The van der Waals surface area contributed by atoms with E-state index in [-0.39, 0.29) is 11.4 Å². The lowest BCUT2D eigenvalue weighted by atomic mass is 10.1. The summed E-state index contributed by atoms with van der Waals surface area (Å²) in [7, 11) is 0. The van der Waals surface area contributed by atoms with Crippen molar-refractivity contribution in [2.24, 2.45) is 0 Å². The smallest absolute Gasteiger partial charge is 0.213 e. The first kappa shape index (κ1) is 13.8. The van der Waals surface area contributed by atoms with Crippen LogP contribution in [0.2, 0.25) is 10.0 Å². The lowest BCUT2D eigenvalue weighted by Crippen LogP contribution is -1.99. The Balaban J connectivity index is 2.43. The molecule has 0 N–H and O–H groups in total. The van der Waals surface area contributed by atoms with Crippen molar-refractivity contribution in [2.45, 2.75) is 0 Å². The van der Waals surface area contributed by atoms with Crippen LogP contribution in [0, 0.1) is 11.3 Å². The van der Waals surface area contributed by atoms with E-state index in [0.717, 1.165) is 0 Å². The average Bonchev–Trinajstić information content (AvgIpc) is 2.94. The molecule has 0 fully saturated rings. The first-order valence-electron chi connectivity index (χ1n) is 5.27. The third kappa shape index (κ3) is 3.05. The van der Waals surface area contributed by atoms with E-state index in [1.54, 1.807) is 35.7 Å². The van der Waals surface area contributed by atoms with Crippen LogP contribution in [0.4, 0.5) is 0 Å². The first-order chi connectivity index (χ1) is 9.13. The number of allylic oxidation sites excluding steroid dienone is 1. The predicted octanol–water partition coefficient (Wildman–Crippen LogP) is 4.84. The summed E-state index contributed by atoms with van der Waals surface area (Å²) in [5.74, 6) is -0.312. The minimum Gasteiger partial charge on any atom is -0.287 e. The Morgan fingerprint density at radius 2 is 2.05 bits per heavy atom. The lowest BCUT2D eigenvalue weighted by Gasteiger charge is -2.01. The maximum atomic E-state index is 12.1. The Hall–Kier alpha value is -1.60. The third-order valence-corrected chi connectivity index (χ3v) is 4.09. The molecule has 0 bridgehead atoms. The van der Waals surface area contributed by atoms with E-state index in [0.29, 0.717) is 20.5 Å². The van der Waals surface area contributed by atoms with Crippen LogP contribution >= 0.6 is 34.5 Å². The molecule has 1 aromatic heterocycles. The fourth-order valence-electron chi connectivity index (χ4n) is 1.48. The number of nitriles is 1. The highest BCUT2D eigenvalue weighted by molar-refractivity contribution is 7.12. The zero-order valence-corrected chi connectivity index (χ0v) is 11.9. The van der Waals surface area contributed by atoms with Crippen molar-refractivity contribution in [3.05, 3.63) is 61.8 Å². The van der Waals surface area contributed by atoms with E-state index in [2.05, 4.69) is 0 Å². The molecule has 0 aliphatic heterocycles. The molecule has 0 aliphatic rings. The van der Waals surface area contributed by atoms with Gasteiger partial charge in [-0.1, -0.05) is 41.4 Å². The van der Waals surface area contributed by atoms with Crippen molar-refractivity contribution in [1.82, 2.24) is 0 Å². The maximum absolute atomic E-state index is 12.1. The lowest BCUT2D eigenvalue weighted by molar-refractivity contribution is 0.104. The van der Waals surface area contributed by atoms with Gasteiger partial charge in [-0.15, -0.1) is 11.3 Å². The monoisotopic (exact) mass is 307 g/mol. The molecule has 0 amide bonds. The third-order valence-electron chi connectivity index (χ3n) is 2.39. The number of carbonyl (C=O) groups is 1. The summed E-state index contributed by atoms with van der Waals surface area (Å²) in [4.78, 5) is 12.6. The zero-order valence-electron chi connectivity index (χ0n) is 9.56. The molecule has 94 valence electrons. The van der Waals surface area contributed by atoms with Crippen LogP contribution in [-0.2, 0) is 0 Å². The SMILES string of the molecule is N#C/C(=C\c1cccc(Cl)c1Cl)C(=O)c1cccs1. The molecule has 19 heavy (non-hydrogen) atoms. The number of ketones is 1. The minimum atomic E-state index is -0.312. The molecule has 0 saturated carbocycles. The van der Waals surface area contributed by atoms with Crippen molar-refractivity contribution in [3.63, 3.8) is 0 Å². The number of nitrogens with zero attached hydrogens (tertiary/aromatic N) is 1. The number of carbonyl (C=O) groups excluding carboxylic acids is 1. The number of benzene rings is 1. The van der Waals surface area contributed by atoms with Gasteiger partial charge < -0.3 is 0 Å². The Kier molecular flexibility index (Phi) is 4.39. The summed E-state index contributed by atoms with van der Waals surface area (Å²) in [6.45, 7) is 0. The van der Waals surface area contributed by atoms with Crippen molar-refractivity contribution in [3.8, 4) is 6.07 Å². The highest BCUT2D eigenvalue weighted by Crippen LogP contribution is 2.27. The van der Waals surface area contributed by atoms with Gasteiger partial charge in [0.25, 0.3) is 0 Å². The number of thiophene rings is 1. The summed E-state index contributed by atoms with van der Waals surface area (Å²) >= 11 is 13.2. The average molecular weight is 308 g/mol. The van der Waals surface area contributed by atoms with Gasteiger partial charge in [-0.25, -0.2) is 0 Å². The van der Waals surface area contributed by atoms with Gasteiger partial charge in [0.05, 0.1) is 14.9 Å². The number of halogens is 2. The second kappa shape index (κ2) is 6.03. The van der Waals surface area contributed by atoms with Gasteiger partial charge in [-0.3, -0.25) is 4.79 Å². The standard InChI is InChI=1S/C14H7Cl2NOS/c15-11-4-1-3-9(13(11)16)7-10(8-17)14(18)12-5-2-6-19-12/h1-7H/b10-7+. The fraction of sp³-hybridized carbons (Fsp3) is 0. The molecule has 2 aromatic rings. The van der Waals surface area contributed by atoms with E-state index in [9.17, 15) is 4.79 Å². The fourth-order valence-corrected chi connectivity index (χ4v) is 2.52. The zero-order chi connectivity index (χ0) is 13.8. The van der Waals surface area contributed by atoms with Gasteiger partial charge in [0.15, 0.2) is 0 Å².